The Bertz CT molecular complexity index is 962. The normalized spacial score (nSPS) is 14.9. The molecule has 2 N–H and O–H groups in total. The predicted molar refractivity (Wildman–Crippen MR) is 114 cm³/mol. The van der Waals surface area contributed by atoms with Crippen molar-refractivity contribution in [1.82, 2.24) is 25.2 Å². The molecule has 0 spiro atoms. The van der Waals surface area contributed by atoms with Gasteiger partial charge in [-0.3, -0.25) is 4.40 Å². The van der Waals surface area contributed by atoms with Gasteiger partial charge in [-0.25, -0.2) is 4.99 Å². The minimum absolute atomic E-state index is 0.544. The van der Waals surface area contributed by atoms with E-state index in [2.05, 4.69) is 56.9 Å². The van der Waals surface area contributed by atoms with Gasteiger partial charge in [0.1, 0.15) is 0 Å². The van der Waals surface area contributed by atoms with Crippen molar-refractivity contribution in [2.45, 2.75) is 20.0 Å². The number of rotatable bonds is 6. The maximum Gasteiger partial charge on any atom is 0.191 e. The van der Waals surface area contributed by atoms with Gasteiger partial charge in [0.25, 0.3) is 0 Å². The molecule has 152 valence electrons. The second kappa shape index (κ2) is 9.38. The molecule has 0 amide bonds. The van der Waals surface area contributed by atoms with Gasteiger partial charge in [-0.2, -0.15) is 0 Å². The summed E-state index contributed by atoms with van der Waals surface area (Å²) in [5.41, 5.74) is 3.28. The quantitative estimate of drug-likeness (QED) is 0.491. The number of ether oxygens (including phenoxy) is 1. The number of fused-ring (bicyclic) bond motifs is 1. The zero-order chi connectivity index (χ0) is 19.9. The van der Waals surface area contributed by atoms with Crippen molar-refractivity contribution in [2.75, 3.05) is 37.7 Å². The first-order valence-corrected chi connectivity index (χ1v) is 10.1. The van der Waals surface area contributed by atoms with Crippen LogP contribution in [-0.2, 0) is 17.8 Å². The summed E-state index contributed by atoms with van der Waals surface area (Å²) in [5.74, 6) is 1.61. The number of guanidine groups is 1. The largest absolute Gasteiger partial charge is 0.378 e. The van der Waals surface area contributed by atoms with Crippen LogP contribution in [0.2, 0.25) is 0 Å². The van der Waals surface area contributed by atoms with Crippen LogP contribution >= 0.6 is 0 Å². The fourth-order valence-corrected chi connectivity index (χ4v) is 3.44. The van der Waals surface area contributed by atoms with E-state index in [1.165, 1.54) is 11.3 Å². The van der Waals surface area contributed by atoms with Crippen molar-refractivity contribution in [3.63, 3.8) is 0 Å². The molecule has 0 radical (unpaired) electrons. The zero-order valence-electron chi connectivity index (χ0n) is 16.7. The Kier molecular flexibility index (Phi) is 6.21. The van der Waals surface area contributed by atoms with E-state index in [4.69, 9.17) is 9.73 Å². The van der Waals surface area contributed by atoms with Crippen LogP contribution in [0.25, 0.3) is 5.65 Å². The van der Waals surface area contributed by atoms with E-state index in [9.17, 15) is 0 Å². The van der Waals surface area contributed by atoms with Crippen LogP contribution in [0.5, 0.6) is 0 Å². The molecule has 8 heteroatoms. The molecule has 8 nitrogen and oxygen atoms in total. The Morgan fingerprint density at radius 3 is 2.76 bits per heavy atom. The van der Waals surface area contributed by atoms with Crippen LogP contribution in [0.1, 0.15) is 18.3 Å². The van der Waals surface area contributed by atoms with Crippen molar-refractivity contribution in [2.24, 2.45) is 4.99 Å². The maximum atomic E-state index is 5.49. The van der Waals surface area contributed by atoms with Crippen LogP contribution < -0.4 is 15.5 Å². The summed E-state index contributed by atoms with van der Waals surface area (Å²) in [6.45, 7) is 7.37. The number of anilines is 1. The molecule has 3 heterocycles. The number of pyridine rings is 1. The number of benzene rings is 1. The van der Waals surface area contributed by atoms with Gasteiger partial charge >= 0.3 is 0 Å². The second-order valence-electron chi connectivity index (χ2n) is 6.82. The number of aliphatic imine (C=N–C) groups is 1. The van der Waals surface area contributed by atoms with Gasteiger partial charge in [0.05, 0.1) is 26.3 Å². The fraction of sp³-hybridized carbons (Fsp3) is 0.381. The van der Waals surface area contributed by atoms with Gasteiger partial charge in [0.15, 0.2) is 17.4 Å². The lowest BCUT2D eigenvalue weighted by Gasteiger charge is -2.30. The lowest BCUT2D eigenvalue weighted by Crippen LogP contribution is -2.37. The van der Waals surface area contributed by atoms with Crippen LogP contribution in [0.15, 0.2) is 53.7 Å². The van der Waals surface area contributed by atoms with Crippen LogP contribution in [0.3, 0.4) is 0 Å². The number of hydrogen-bond donors (Lipinski definition) is 2. The van der Waals surface area contributed by atoms with Crippen molar-refractivity contribution in [3.8, 4) is 0 Å². The molecule has 1 saturated heterocycles. The average molecular weight is 393 g/mol. The molecule has 29 heavy (non-hydrogen) atoms. The Morgan fingerprint density at radius 1 is 1.07 bits per heavy atom. The van der Waals surface area contributed by atoms with E-state index in [1.807, 2.05) is 28.8 Å². The summed E-state index contributed by atoms with van der Waals surface area (Å²) < 4.78 is 7.46. The minimum Gasteiger partial charge on any atom is -0.378 e. The van der Waals surface area contributed by atoms with Crippen molar-refractivity contribution in [3.05, 3.63) is 60.0 Å². The highest BCUT2D eigenvalue weighted by molar-refractivity contribution is 5.79. The highest BCUT2D eigenvalue weighted by atomic mass is 16.5. The van der Waals surface area contributed by atoms with Gasteiger partial charge in [0.2, 0.25) is 0 Å². The number of para-hydroxylation sites is 1. The highest BCUT2D eigenvalue weighted by Crippen LogP contribution is 2.22. The van der Waals surface area contributed by atoms with E-state index in [1.54, 1.807) is 0 Å². The molecule has 0 bridgehead atoms. The molecule has 1 aliphatic heterocycles. The lowest BCUT2D eigenvalue weighted by atomic mass is 10.1. The lowest BCUT2D eigenvalue weighted by molar-refractivity contribution is 0.122. The second-order valence-corrected chi connectivity index (χ2v) is 6.82. The van der Waals surface area contributed by atoms with Gasteiger partial charge in [-0.05, 0) is 30.7 Å². The van der Waals surface area contributed by atoms with Crippen LogP contribution in [0.4, 0.5) is 5.69 Å². The summed E-state index contributed by atoms with van der Waals surface area (Å²) in [5, 5.41) is 15.1. The Balaban J connectivity index is 1.46. The molecular formula is C21H27N7O. The number of hydrogen-bond acceptors (Lipinski definition) is 5. The van der Waals surface area contributed by atoms with E-state index >= 15 is 0 Å². The van der Waals surface area contributed by atoms with Gasteiger partial charge < -0.3 is 20.3 Å². The van der Waals surface area contributed by atoms with Crippen LogP contribution in [-0.4, -0.2) is 53.4 Å². The first kappa shape index (κ1) is 19.2. The molecule has 3 aromatic rings. The summed E-state index contributed by atoms with van der Waals surface area (Å²) in [6.07, 6.45) is 1.97. The number of nitrogens with zero attached hydrogens (tertiary/aromatic N) is 5. The van der Waals surface area contributed by atoms with Crippen molar-refractivity contribution < 1.29 is 4.74 Å². The number of nitrogens with one attached hydrogen (secondary N) is 2. The minimum atomic E-state index is 0.544. The molecular weight excluding hydrogens is 366 g/mol. The van der Waals surface area contributed by atoms with Crippen LogP contribution in [0, 0.1) is 0 Å². The molecule has 1 fully saturated rings. The van der Waals surface area contributed by atoms with Crippen molar-refractivity contribution >= 4 is 17.3 Å². The SMILES string of the molecule is CCNC(=NCc1ccccc1N1CCOCC1)NCc1nnc2ccccn12. The molecule has 4 rings (SSSR count). The van der Waals surface area contributed by atoms with E-state index in [-0.39, 0.29) is 0 Å². The summed E-state index contributed by atoms with van der Waals surface area (Å²) in [7, 11) is 0. The first-order chi connectivity index (χ1) is 14.3. The number of morpholine rings is 1. The molecule has 0 unspecified atom stereocenters. The van der Waals surface area contributed by atoms with Gasteiger partial charge in [-0.15, -0.1) is 10.2 Å². The average Bonchev–Trinajstić information content (AvgIpc) is 3.20. The molecule has 0 atom stereocenters. The van der Waals surface area contributed by atoms with E-state index < -0.39 is 0 Å². The Hall–Kier alpha value is -3.13. The Labute approximate surface area is 170 Å². The fourth-order valence-electron chi connectivity index (χ4n) is 3.44. The maximum absolute atomic E-state index is 5.49. The Morgan fingerprint density at radius 2 is 1.90 bits per heavy atom. The smallest absolute Gasteiger partial charge is 0.191 e. The monoisotopic (exact) mass is 393 g/mol. The third kappa shape index (κ3) is 4.65. The van der Waals surface area contributed by atoms with E-state index in [0.29, 0.717) is 13.1 Å². The summed E-state index contributed by atoms with van der Waals surface area (Å²) >= 11 is 0. The predicted octanol–water partition coefficient (Wildman–Crippen LogP) is 1.82. The standard InChI is InChI=1S/C21H27N7O/c1-2-22-21(24-16-20-26-25-19-9-5-6-10-28(19)20)23-15-17-7-3-4-8-18(17)27-11-13-29-14-12-27/h3-10H,2,11-16H2,1H3,(H2,22,23,24). The summed E-state index contributed by atoms with van der Waals surface area (Å²) in [4.78, 5) is 7.17. The molecule has 2 aromatic heterocycles. The molecule has 1 aliphatic rings. The third-order valence-electron chi connectivity index (χ3n) is 4.89. The van der Waals surface area contributed by atoms with Gasteiger partial charge in [-0.1, -0.05) is 24.3 Å². The molecule has 1 aromatic carbocycles. The van der Waals surface area contributed by atoms with Crippen molar-refractivity contribution in [1.29, 1.82) is 0 Å². The topological polar surface area (TPSA) is 79.1 Å². The van der Waals surface area contributed by atoms with Gasteiger partial charge in [0, 0.05) is 31.5 Å². The third-order valence-corrected chi connectivity index (χ3v) is 4.89. The number of aromatic nitrogens is 3. The zero-order valence-corrected chi connectivity index (χ0v) is 16.7. The first-order valence-electron chi connectivity index (χ1n) is 10.1. The molecule has 0 aliphatic carbocycles. The summed E-state index contributed by atoms with van der Waals surface area (Å²) in [6, 6.07) is 14.3. The van der Waals surface area contributed by atoms with E-state index in [0.717, 1.165) is 50.3 Å². The molecule has 0 saturated carbocycles. The highest BCUT2D eigenvalue weighted by Gasteiger charge is 2.14.